The molecule has 1 N–H and O–H groups in total. The molecule has 1 aromatic rings. The van der Waals surface area contributed by atoms with Crippen molar-refractivity contribution in [2.75, 3.05) is 20.8 Å². The SMILES string of the molecule is C/C=C/C(=O)N(Cc1ccc(OC)cc1)[C@@H](CCCO)C(=O)OC. The molecule has 0 aliphatic heterocycles. The normalized spacial score (nSPS) is 12.0. The Morgan fingerprint density at radius 2 is 1.92 bits per heavy atom. The number of ether oxygens (including phenoxy) is 2. The quantitative estimate of drug-likeness (QED) is 0.551. The van der Waals surface area contributed by atoms with Crippen LogP contribution in [0.1, 0.15) is 25.3 Å². The highest BCUT2D eigenvalue weighted by molar-refractivity contribution is 5.91. The van der Waals surface area contributed by atoms with Crippen LogP contribution in [-0.4, -0.2) is 48.8 Å². The van der Waals surface area contributed by atoms with Crippen LogP contribution in [0.5, 0.6) is 5.75 Å². The van der Waals surface area contributed by atoms with Crippen LogP contribution in [-0.2, 0) is 20.9 Å². The molecule has 0 heterocycles. The van der Waals surface area contributed by atoms with E-state index in [0.717, 1.165) is 11.3 Å². The molecule has 1 rings (SSSR count). The van der Waals surface area contributed by atoms with Gasteiger partial charge in [-0.1, -0.05) is 18.2 Å². The summed E-state index contributed by atoms with van der Waals surface area (Å²) in [4.78, 5) is 26.0. The number of amides is 1. The number of rotatable bonds is 9. The second-order valence-corrected chi connectivity index (χ2v) is 5.22. The van der Waals surface area contributed by atoms with Gasteiger partial charge in [-0.25, -0.2) is 4.79 Å². The molecule has 0 fully saturated rings. The van der Waals surface area contributed by atoms with E-state index in [1.807, 2.05) is 12.1 Å². The number of hydrogen-bond acceptors (Lipinski definition) is 5. The largest absolute Gasteiger partial charge is 0.497 e. The van der Waals surface area contributed by atoms with Crippen LogP contribution in [0.4, 0.5) is 0 Å². The molecule has 132 valence electrons. The molecular weight excluding hydrogens is 310 g/mol. The van der Waals surface area contributed by atoms with Gasteiger partial charge in [-0.2, -0.15) is 0 Å². The van der Waals surface area contributed by atoms with Gasteiger partial charge in [0.05, 0.1) is 14.2 Å². The van der Waals surface area contributed by atoms with Crippen molar-refractivity contribution in [3.63, 3.8) is 0 Å². The summed E-state index contributed by atoms with van der Waals surface area (Å²) in [5.74, 6) is -0.0497. The van der Waals surface area contributed by atoms with E-state index in [1.165, 1.54) is 18.1 Å². The maximum atomic E-state index is 12.4. The lowest BCUT2D eigenvalue weighted by Gasteiger charge is -2.29. The average molecular weight is 335 g/mol. The van der Waals surface area contributed by atoms with Crippen molar-refractivity contribution in [2.45, 2.75) is 32.4 Å². The first-order valence-electron chi connectivity index (χ1n) is 7.82. The van der Waals surface area contributed by atoms with Gasteiger partial charge in [0.15, 0.2) is 0 Å². The van der Waals surface area contributed by atoms with Crippen LogP contribution in [0.2, 0.25) is 0 Å². The minimum absolute atomic E-state index is 0.0539. The Bertz CT molecular complexity index is 553. The number of aliphatic hydroxyl groups is 1. The van der Waals surface area contributed by atoms with Gasteiger partial charge in [0.2, 0.25) is 5.91 Å². The molecule has 1 aromatic carbocycles. The van der Waals surface area contributed by atoms with E-state index < -0.39 is 12.0 Å². The van der Waals surface area contributed by atoms with Crippen LogP contribution >= 0.6 is 0 Å². The fourth-order valence-electron chi connectivity index (χ4n) is 2.33. The van der Waals surface area contributed by atoms with Crippen molar-refractivity contribution in [3.8, 4) is 5.75 Å². The lowest BCUT2D eigenvalue weighted by Crippen LogP contribution is -2.44. The third kappa shape index (κ3) is 5.70. The lowest BCUT2D eigenvalue weighted by atomic mass is 10.1. The first kappa shape index (κ1) is 19.7. The fourth-order valence-corrected chi connectivity index (χ4v) is 2.33. The first-order chi connectivity index (χ1) is 11.6. The summed E-state index contributed by atoms with van der Waals surface area (Å²) in [5.41, 5.74) is 0.867. The summed E-state index contributed by atoms with van der Waals surface area (Å²) in [6.45, 7) is 1.95. The number of allylic oxidation sites excluding steroid dienone is 1. The van der Waals surface area contributed by atoms with Crippen LogP contribution < -0.4 is 4.74 Å². The zero-order valence-corrected chi connectivity index (χ0v) is 14.4. The number of hydrogen-bond donors (Lipinski definition) is 1. The Labute approximate surface area is 142 Å². The van der Waals surface area contributed by atoms with Crippen molar-refractivity contribution >= 4 is 11.9 Å². The number of carbonyl (C=O) groups excluding carboxylic acids is 2. The van der Waals surface area contributed by atoms with Gasteiger partial charge >= 0.3 is 5.97 Å². The smallest absolute Gasteiger partial charge is 0.328 e. The van der Waals surface area contributed by atoms with Crippen molar-refractivity contribution in [1.82, 2.24) is 4.90 Å². The monoisotopic (exact) mass is 335 g/mol. The van der Waals surface area contributed by atoms with Crippen molar-refractivity contribution in [2.24, 2.45) is 0 Å². The maximum Gasteiger partial charge on any atom is 0.328 e. The molecular formula is C18H25NO5. The summed E-state index contributed by atoms with van der Waals surface area (Å²) >= 11 is 0. The first-order valence-corrected chi connectivity index (χ1v) is 7.82. The second kappa shape index (κ2) is 10.4. The molecule has 0 unspecified atom stereocenters. The predicted octanol–water partition coefficient (Wildman–Crippen LogP) is 1.91. The summed E-state index contributed by atoms with van der Waals surface area (Å²) < 4.78 is 9.96. The van der Waals surface area contributed by atoms with Crippen LogP contribution in [0.15, 0.2) is 36.4 Å². The minimum Gasteiger partial charge on any atom is -0.497 e. The molecule has 6 nitrogen and oxygen atoms in total. The van der Waals surface area contributed by atoms with Crippen molar-refractivity contribution in [1.29, 1.82) is 0 Å². The van der Waals surface area contributed by atoms with E-state index >= 15 is 0 Å². The summed E-state index contributed by atoms with van der Waals surface area (Å²) in [5, 5.41) is 9.06. The van der Waals surface area contributed by atoms with Crippen molar-refractivity contribution in [3.05, 3.63) is 42.0 Å². The average Bonchev–Trinajstić information content (AvgIpc) is 2.61. The Kier molecular flexibility index (Phi) is 8.57. The number of carbonyl (C=O) groups is 2. The highest BCUT2D eigenvalue weighted by atomic mass is 16.5. The standard InChI is InChI=1S/C18H25NO5/c1-4-6-17(21)19(16(7-5-12-20)18(22)24-3)13-14-8-10-15(23-2)11-9-14/h4,6,8-11,16,20H,5,7,12-13H2,1-3H3/b6-4+/t16-/m0/s1. The van der Waals surface area contributed by atoms with Crippen LogP contribution in [0.3, 0.4) is 0 Å². The Hall–Kier alpha value is -2.34. The number of methoxy groups -OCH3 is 2. The molecule has 24 heavy (non-hydrogen) atoms. The maximum absolute atomic E-state index is 12.4. The minimum atomic E-state index is -0.743. The zero-order chi connectivity index (χ0) is 17.9. The number of esters is 1. The van der Waals surface area contributed by atoms with Gasteiger partial charge in [-0.15, -0.1) is 0 Å². The Balaban J connectivity index is 3.06. The van der Waals surface area contributed by atoms with E-state index in [1.54, 1.807) is 32.2 Å². The van der Waals surface area contributed by atoms with Crippen LogP contribution in [0, 0.1) is 0 Å². The highest BCUT2D eigenvalue weighted by Gasteiger charge is 2.29. The lowest BCUT2D eigenvalue weighted by molar-refractivity contribution is -0.152. The molecule has 0 aliphatic carbocycles. The van der Waals surface area contributed by atoms with Gasteiger partial charge in [0, 0.05) is 13.2 Å². The third-order valence-corrected chi connectivity index (χ3v) is 3.59. The van der Waals surface area contributed by atoms with Gasteiger partial charge in [-0.3, -0.25) is 4.79 Å². The van der Waals surface area contributed by atoms with Gasteiger partial charge in [-0.05, 0) is 43.5 Å². The molecule has 0 spiro atoms. The summed E-state index contributed by atoms with van der Waals surface area (Å²) in [6.07, 6.45) is 3.78. The summed E-state index contributed by atoms with van der Waals surface area (Å²) in [6, 6.07) is 6.54. The number of aliphatic hydroxyl groups excluding tert-OH is 1. The Morgan fingerprint density at radius 1 is 1.25 bits per heavy atom. The highest BCUT2D eigenvalue weighted by Crippen LogP contribution is 2.17. The Morgan fingerprint density at radius 3 is 2.42 bits per heavy atom. The molecule has 0 saturated carbocycles. The molecule has 1 amide bonds. The molecule has 1 atom stereocenters. The molecule has 0 aromatic heterocycles. The fraction of sp³-hybridized carbons (Fsp3) is 0.444. The topological polar surface area (TPSA) is 76.1 Å². The zero-order valence-electron chi connectivity index (χ0n) is 14.4. The molecule has 0 bridgehead atoms. The van der Waals surface area contributed by atoms with E-state index in [0.29, 0.717) is 12.8 Å². The van der Waals surface area contributed by atoms with Crippen molar-refractivity contribution < 1.29 is 24.2 Å². The molecule has 0 saturated heterocycles. The van der Waals surface area contributed by atoms with E-state index in [2.05, 4.69) is 0 Å². The number of benzene rings is 1. The van der Waals surface area contributed by atoms with Gasteiger partial charge < -0.3 is 19.5 Å². The molecule has 0 radical (unpaired) electrons. The molecule has 6 heteroatoms. The predicted molar refractivity (Wildman–Crippen MR) is 90.5 cm³/mol. The third-order valence-electron chi connectivity index (χ3n) is 3.59. The van der Waals surface area contributed by atoms with E-state index in [9.17, 15) is 9.59 Å². The van der Waals surface area contributed by atoms with E-state index in [-0.39, 0.29) is 19.1 Å². The van der Waals surface area contributed by atoms with Gasteiger partial charge in [0.1, 0.15) is 11.8 Å². The molecule has 0 aliphatic rings. The van der Waals surface area contributed by atoms with Gasteiger partial charge in [0.25, 0.3) is 0 Å². The summed E-state index contributed by atoms with van der Waals surface area (Å²) in [7, 11) is 2.87. The van der Waals surface area contributed by atoms with Crippen LogP contribution in [0.25, 0.3) is 0 Å². The second-order valence-electron chi connectivity index (χ2n) is 5.22. The number of nitrogens with zero attached hydrogens (tertiary/aromatic N) is 1. The van der Waals surface area contributed by atoms with E-state index in [4.69, 9.17) is 14.6 Å².